The van der Waals surface area contributed by atoms with Gasteiger partial charge >= 0.3 is 0 Å². The highest BCUT2D eigenvalue weighted by atomic mass is 35.5. The van der Waals surface area contributed by atoms with Crippen molar-refractivity contribution >= 4 is 11.6 Å². The topological polar surface area (TPSA) is 43.8 Å². The van der Waals surface area contributed by atoms with Gasteiger partial charge in [0.15, 0.2) is 0 Å². The van der Waals surface area contributed by atoms with Crippen LogP contribution in [-0.4, -0.2) is 9.78 Å². The molecule has 0 radical (unpaired) electrons. The maximum Gasteiger partial charge on any atom is 0.0835 e. The molecule has 1 aromatic carbocycles. The zero-order chi connectivity index (χ0) is 11.8. The molecule has 0 amide bonds. The maximum atomic E-state index is 6.22. The van der Waals surface area contributed by atoms with E-state index in [4.69, 9.17) is 17.3 Å². The van der Waals surface area contributed by atoms with Gasteiger partial charge < -0.3 is 5.73 Å². The third-order valence-corrected chi connectivity index (χ3v) is 3.61. The Balaban J connectivity index is 2.19. The molecule has 17 heavy (non-hydrogen) atoms. The van der Waals surface area contributed by atoms with E-state index in [1.165, 1.54) is 17.7 Å². The molecule has 2 N–H and O–H groups in total. The predicted molar refractivity (Wildman–Crippen MR) is 68.5 cm³/mol. The van der Waals surface area contributed by atoms with Crippen LogP contribution >= 0.6 is 11.6 Å². The van der Waals surface area contributed by atoms with Crippen molar-refractivity contribution in [1.82, 2.24) is 9.78 Å². The van der Waals surface area contributed by atoms with Crippen LogP contribution in [0.2, 0.25) is 5.02 Å². The number of benzene rings is 1. The quantitative estimate of drug-likeness (QED) is 0.886. The first kappa shape index (κ1) is 10.8. The Hall–Kier alpha value is -1.32. The van der Waals surface area contributed by atoms with E-state index in [1.807, 2.05) is 28.9 Å². The second-order valence-electron chi connectivity index (χ2n) is 4.29. The number of nitrogens with two attached hydrogens (primary N) is 1. The average molecular weight is 248 g/mol. The molecule has 1 aliphatic carbocycles. The fraction of sp³-hybridized carbons (Fsp3) is 0.308. The first-order valence-electron chi connectivity index (χ1n) is 5.86. The Labute approximate surface area is 105 Å². The molecule has 2 aromatic rings. The minimum absolute atomic E-state index is 0.500. The van der Waals surface area contributed by atoms with Gasteiger partial charge in [0.25, 0.3) is 0 Å². The third-order valence-electron chi connectivity index (χ3n) is 3.29. The molecule has 88 valence electrons. The van der Waals surface area contributed by atoms with Crippen molar-refractivity contribution in [3.05, 3.63) is 46.2 Å². The van der Waals surface area contributed by atoms with Crippen LogP contribution < -0.4 is 5.73 Å². The van der Waals surface area contributed by atoms with Crippen molar-refractivity contribution in [1.29, 1.82) is 0 Å². The molecule has 3 nitrogen and oxygen atoms in total. The van der Waals surface area contributed by atoms with Crippen LogP contribution in [0.1, 0.15) is 23.4 Å². The highest BCUT2D eigenvalue weighted by Gasteiger charge is 2.22. The molecule has 0 spiro atoms. The third kappa shape index (κ3) is 1.66. The highest BCUT2D eigenvalue weighted by molar-refractivity contribution is 6.32. The van der Waals surface area contributed by atoms with Crippen molar-refractivity contribution in [2.45, 2.75) is 25.8 Å². The van der Waals surface area contributed by atoms with Gasteiger partial charge in [0.05, 0.1) is 16.4 Å². The van der Waals surface area contributed by atoms with Gasteiger partial charge in [-0.1, -0.05) is 23.7 Å². The lowest BCUT2D eigenvalue weighted by Gasteiger charge is -2.07. The number of para-hydroxylation sites is 1. The van der Waals surface area contributed by atoms with E-state index in [9.17, 15) is 0 Å². The van der Waals surface area contributed by atoms with E-state index in [-0.39, 0.29) is 0 Å². The number of nitrogens with zero attached hydrogens (tertiary/aromatic N) is 2. The van der Waals surface area contributed by atoms with Crippen molar-refractivity contribution < 1.29 is 0 Å². The molecule has 1 aromatic heterocycles. The Morgan fingerprint density at radius 2 is 2.12 bits per heavy atom. The van der Waals surface area contributed by atoms with E-state index in [0.29, 0.717) is 6.54 Å². The molecule has 0 bridgehead atoms. The summed E-state index contributed by atoms with van der Waals surface area (Å²) in [5, 5.41) is 5.32. The van der Waals surface area contributed by atoms with Crippen molar-refractivity contribution in [2.24, 2.45) is 5.73 Å². The Bertz CT molecular complexity index is 560. The number of rotatable bonds is 2. The molecule has 0 saturated heterocycles. The summed E-state index contributed by atoms with van der Waals surface area (Å²) in [5.41, 5.74) is 10.3. The van der Waals surface area contributed by atoms with Gasteiger partial charge in [-0.15, -0.1) is 0 Å². The molecule has 1 aliphatic rings. The summed E-state index contributed by atoms with van der Waals surface area (Å²) in [7, 11) is 0. The maximum absolute atomic E-state index is 6.22. The van der Waals surface area contributed by atoms with Crippen LogP contribution in [0.5, 0.6) is 0 Å². The van der Waals surface area contributed by atoms with Gasteiger partial charge in [-0.3, -0.25) is 0 Å². The van der Waals surface area contributed by atoms with E-state index >= 15 is 0 Å². The van der Waals surface area contributed by atoms with Crippen LogP contribution in [0.25, 0.3) is 5.69 Å². The minimum Gasteiger partial charge on any atom is -0.325 e. The van der Waals surface area contributed by atoms with Gasteiger partial charge in [-0.05, 0) is 37.0 Å². The monoisotopic (exact) mass is 247 g/mol. The summed E-state index contributed by atoms with van der Waals surface area (Å²) in [6.45, 7) is 0.500. The molecule has 0 unspecified atom stereocenters. The van der Waals surface area contributed by atoms with Gasteiger partial charge in [0.2, 0.25) is 0 Å². The molecule has 0 aliphatic heterocycles. The Morgan fingerprint density at radius 3 is 2.88 bits per heavy atom. The molecule has 3 rings (SSSR count). The van der Waals surface area contributed by atoms with Crippen LogP contribution in [0.15, 0.2) is 24.3 Å². The van der Waals surface area contributed by atoms with Crippen molar-refractivity contribution in [3.63, 3.8) is 0 Å². The molecule has 0 saturated carbocycles. The zero-order valence-corrected chi connectivity index (χ0v) is 10.2. The molecule has 1 heterocycles. The SMILES string of the molecule is NCc1nn(-c2ccccc2Cl)c2c1CCC2. The predicted octanol–water partition coefficient (Wildman–Crippen LogP) is 2.47. The first-order valence-corrected chi connectivity index (χ1v) is 6.23. The van der Waals surface area contributed by atoms with Crippen LogP contribution in [0.3, 0.4) is 0 Å². The fourth-order valence-electron chi connectivity index (χ4n) is 2.50. The lowest BCUT2D eigenvalue weighted by atomic mass is 10.2. The van der Waals surface area contributed by atoms with Crippen molar-refractivity contribution in [3.8, 4) is 5.69 Å². The molecular formula is C13H14ClN3. The standard InChI is InChI=1S/C13H14ClN3/c14-10-5-1-2-6-13(10)17-12-7-3-4-9(12)11(8-15)16-17/h1-2,5-6H,3-4,7-8,15H2. The smallest absolute Gasteiger partial charge is 0.0835 e. The number of halogens is 1. The first-order chi connectivity index (χ1) is 8.31. The highest BCUT2D eigenvalue weighted by Crippen LogP contribution is 2.29. The fourth-order valence-corrected chi connectivity index (χ4v) is 2.72. The minimum atomic E-state index is 0.500. The van der Waals surface area contributed by atoms with Crippen LogP contribution in [0, 0.1) is 0 Å². The zero-order valence-electron chi connectivity index (χ0n) is 9.49. The van der Waals surface area contributed by atoms with E-state index in [2.05, 4.69) is 5.10 Å². The largest absolute Gasteiger partial charge is 0.325 e. The van der Waals surface area contributed by atoms with Gasteiger partial charge in [0.1, 0.15) is 0 Å². The molecule has 0 atom stereocenters. The van der Waals surface area contributed by atoms with Crippen LogP contribution in [0.4, 0.5) is 0 Å². The van der Waals surface area contributed by atoms with E-state index in [0.717, 1.165) is 29.2 Å². The van der Waals surface area contributed by atoms with Crippen LogP contribution in [-0.2, 0) is 19.4 Å². The van der Waals surface area contributed by atoms with Crippen molar-refractivity contribution in [2.75, 3.05) is 0 Å². The number of hydrogen-bond donors (Lipinski definition) is 1. The van der Waals surface area contributed by atoms with Gasteiger partial charge in [-0.2, -0.15) is 5.10 Å². The Kier molecular flexibility index (Phi) is 2.65. The lowest BCUT2D eigenvalue weighted by molar-refractivity contribution is 0.758. The molecule has 0 fully saturated rings. The number of fused-ring (bicyclic) bond motifs is 1. The van der Waals surface area contributed by atoms with E-state index < -0.39 is 0 Å². The molecular weight excluding hydrogens is 234 g/mol. The molecule has 4 heteroatoms. The summed E-state index contributed by atoms with van der Waals surface area (Å²) in [6.07, 6.45) is 3.34. The second-order valence-corrected chi connectivity index (χ2v) is 4.70. The number of hydrogen-bond acceptors (Lipinski definition) is 2. The summed E-state index contributed by atoms with van der Waals surface area (Å²) in [6, 6.07) is 7.79. The van der Waals surface area contributed by atoms with E-state index in [1.54, 1.807) is 0 Å². The summed E-state index contributed by atoms with van der Waals surface area (Å²) < 4.78 is 1.97. The normalized spacial score (nSPS) is 14.0. The summed E-state index contributed by atoms with van der Waals surface area (Å²) in [5.74, 6) is 0. The van der Waals surface area contributed by atoms with Gasteiger partial charge in [-0.25, -0.2) is 4.68 Å². The van der Waals surface area contributed by atoms with Gasteiger partial charge in [0, 0.05) is 12.2 Å². The number of aromatic nitrogens is 2. The summed E-state index contributed by atoms with van der Waals surface area (Å²) in [4.78, 5) is 0. The summed E-state index contributed by atoms with van der Waals surface area (Å²) >= 11 is 6.22. The Morgan fingerprint density at radius 1 is 1.29 bits per heavy atom. The average Bonchev–Trinajstić information content (AvgIpc) is 2.91. The second kappa shape index (κ2) is 4.17. The lowest BCUT2D eigenvalue weighted by Crippen LogP contribution is -2.04.